The second-order valence-corrected chi connectivity index (χ2v) is 5.84. The molecule has 1 N–H and O–H groups in total. The number of carboxylic acid groups (broad SMARTS) is 1. The van der Waals surface area contributed by atoms with Crippen LogP contribution in [0, 0.1) is 6.92 Å². The summed E-state index contributed by atoms with van der Waals surface area (Å²) in [7, 11) is 1.71. The Kier molecular flexibility index (Phi) is 5.05. The Balaban J connectivity index is 1.63. The third kappa shape index (κ3) is 4.00. The zero-order valence-corrected chi connectivity index (χ0v) is 14.2. The molecule has 25 heavy (non-hydrogen) atoms. The molecule has 0 radical (unpaired) electrons. The Morgan fingerprint density at radius 1 is 1.32 bits per heavy atom. The molecule has 1 aliphatic carbocycles. The molecule has 130 valence electrons. The topological polar surface area (TPSA) is 68.9 Å². The van der Waals surface area contributed by atoms with E-state index in [4.69, 9.17) is 19.0 Å². The molecular formula is C20H20O5. The fraction of sp³-hybridized carbons (Fsp3) is 0.250. The molecule has 0 amide bonds. The Morgan fingerprint density at radius 3 is 2.64 bits per heavy atom. The zero-order chi connectivity index (χ0) is 17.8. The molecule has 5 heteroatoms. The summed E-state index contributed by atoms with van der Waals surface area (Å²) in [4.78, 5) is 10.9. The number of hydrogen-bond acceptors (Lipinski definition) is 4. The molecule has 0 fully saturated rings. The van der Waals surface area contributed by atoms with Gasteiger partial charge < -0.3 is 19.0 Å². The Bertz CT molecular complexity index is 811. The van der Waals surface area contributed by atoms with Gasteiger partial charge in [-0.05, 0) is 42.7 Å². The average molecular weight is 340 g/mol. The minimum atomic E-state index is -1.08. The maximum atomic E-state index is 10.9. The number of hydrogen-bond donors (Lipinski definition) is 1. The molecule has 0 aliphatic heterocycles. The highest BCUT2D eigenvalue weighted by Gasteiger charge is 2.13. The second-order valence-electron chi connectivity index (χ2n) is 5.84. The van der Waals surface area contributed by atoms with Gasteiger partial charge in [-0.25, -0.2) is 4.79 Å². The molecule has 1 heterocycles. The summed E-state index contributed by atoms with van der Waals surface area (Å²) in [6, 6.07) is 9.31. The van der Waals surface area contributed by atoms with E-state index < -0.39 is 5.97 Å². The SMILES string of the molecule is COC1C=CC(c2ccc(OCc3cc(C(=O)O)oc3C)cc2)=CC1. The van der Waals surface area contributed by atoms with Gasteiger partial charge in [-0.15, -0.1) is 0 Å². The van der Waals surface area contributed by atoms with E-state index >= 15 is 0 Å². The maximum Gasteiger partial charge on any atom is 0.371 e. The summed E-state index contributed by atoms with van der Waals surface area (Å²) < 4.78 is 16.2. The van der Waals surface area contributed by atoms with Crippen LogP contribution < -0.4 is 4.74 Å². The molecular weight excluding hydrogens is 320 g/mol. The van der Waals surface area contributed by atoms with Crippen LogP contribution in [-0.2, 0) is 11.3 Å². The molecule has 5 nitrogen and oxygen atoms in total. The minimum Gasteiger partial charge on any atom is -0.489 e. The lowest BCUT2D eigenvalue weighted by Crippen LogP contribution is -2.08. The van der Waals surface area contributed by atoms with E-state index in [-0.39, 0.29) is 18.5 Å². The lowest BCUT2D eigenvalue weighted by Gasteiger charge is -2.15. The van der Waals surface area contributed by atoms with Crippen molar-refractivity contribution in [3.63, 3.8) is 0 Å². The number of rotatable bonds is 6. The number of aryl methyl sites for hydroxylation is 1. The monoisotopic (exact) mass is 340 g/mol. The predicted octanol–water partition coefficient (Wildman–Crippen LogP) is 4.22. The third-order valence-corrected chi connectivity index (χ3v) is 4.18. The smallest absolute Gasteiger partial charge is 0.371 e. The van der Waals surface area contributed by atoms with E-state index in [1.54, 1.807) is 14.0 Å². The van der Waals surface area contributed by atoms with Gasteiger partial charge in [0.1, 0.15) is 18.1 Å². The summed E-state index contributed by atoms with van der Waals surface area (Å²) in [5.74, 6) is 0.121. The summed E-state index contributed by atoms with van der Waals surface area (Å²) in [5, 5.41) is 8.94. The standard InChI is InChI=1S/C20H20O5/c1-13-16(11-19(25-13)20(21)22)12-24-18-9-5-15(6-10-18)14-3-7-17(23-2)8-4-14/h3-7,9-11,17H,8,12H2,1-2H3,(H,21,22). The molecule has 2 aromatic rings. The number of carboxylic acids is 1. The van der Waals surface area contributed by atoms with E-state index in [1.165, 1.54) is 6.07 Å². The first kappa shape index (κ1) is 17.0. The molecule has 1 aromatic heterocycles. The van der Waals surface area contributed by atoms with Crippen molar-refractivity contribution in [3.05, 3.63) is 71.2 Å². The van der Waals surface area contributed by atoms with E-state index in [2.05, 4.69) is 18.2 Å². The highest BCUT2D eigenvalue weighted by Crippen LogP contribution is 2.25. The Morgan fingerprint density at radius 2 is 2.08 bits per heavy atom. The summed E-state index contributed by atoms with van der Waals surface area (Å²) in [6.45, 7) is 1.99. The highest BCUT2D eigenvalue weighted by molar-refractivity contribution is 5.84. The molecule has 1 aromatic carbocycles. The number of aromatic carboxylic acids is 1. The molecule has 0 saturated heterocycles. The van der Waals surface area contributed by atoms with Crippen molar-refractivity contribution in [2.75, 3.05) is 7.11 Å². The van der Waals surface area contributed by atoms with Crippen molar-refractivity contribution in [1.82, 2.24) is 0 Å². The van der Waals surface area contributed by atoms with Crippen LogP contribution >= 0.6 is 0 Å². The molecule has 0 saturated carbocycles. The number of methoxy groups -OCH3 is 1. The van der Waals surface area contributed by atoms with Crippen LogP contribution in [-0.4, -0.2) is 24.3 Å². The molecule has 1 atom stereocenters. The molecule has 1 unspecified atom stereocenters. The van der Waals surface area contributed by atoms with Gasteiger partial charge in [0.15, 0.2) is 0 Å². The summed E-state index contributed by atoms with van der Waals surface area (Å²) in [6.07, 6.45) is 7.30. The number of benzene rings is 1. The van der Waals surface area contributed by atoms with E-state index in [0.717, 1.165) is 28.9 Å². The minimum absolute atomic E-state index is 0.0724. The van der Waals surface area contributed by atoms with Gasteiger partial charge in [0.05, 0.1) is 6.10 Å². The van der Waals surface area contributed by atoms with E-state index in [9.17, 15) is 4.79 Å². The van der Waals surface area contributed by atoms with Crippen LogP contribution in [0.15, 0.2) is 53.0 Å². The lowest BCUT2D eigenvalue weighted by atomic mass is 9.98. The first-order valence-electron chi connectivity index (χ1n) is 8.04. The third-order valence-electron chi connectivity index (χ3n) is 4.18. The van der Waals surface area contributed by atoms with Gasteiger partial charge in [-0.3, -0.25) is 0 Å². The number of furan rings is 1. The molecule has 0 spiro atoms. The van der Waals surface area contributed by atoms with Crippen molar-refractivity contribution < 1.29 is 23.8 Å². The van der Waals surface area contributed by atoms with Gasteiger partial charge in [0.25, 0.3) is 0 Å². The first-order valence-corrected chi connectivity index (χ1v) is 8.04. The van der Waals surface area contributed by atoms with Crippen molar-refractivity contribution >= 4 is 11.5 Å². The molecule has 3 rings (SSSR count). The van der Waals surface area contributed by atoms with Crippen LogP contribution in [0.2, 0.25) is 0 Å². The fourth-order valence-electron chi connectivity index (χ4n) is 2.66. The van der Waals surface area contributed by atoms with Gasteiger partial charge in [0, 0.05) is 12.7 Å². The molecule has 0 bridgehead atoms. The normalized spacial score (nSPS) is 16.6. The Labute approximate surface area is 146 Å². The summed E-state index contributed by atoms with van der Waals surface area (Å²) >= 11 is 0. The maximum absolute atomic E-state index is 10.9. The first-order chi connectivity index (χ1) is 12.1. The molecule has 1 aliphatic rings. The van der Waals surface area contributed by atoms with Gasteiger partial charge in [0.2, 0.25) is 5.76 Å². The largest absolute Gasteiger partial charge is 0.489 e. The number of carbonyl (C=O) groups is 1. The lowest BCUT2D eigenvalue weighted by molar-refractivity contribution is 0.0661. The zero-order valence-electron chi connectivity index (χ0n) is 14.2. The van der Waals surface area contributed by atoms with Crippen molar-refractivity contribution in [2.24, 2.45) is 0 Å². The van der Waals surface area contributed by atoms with Crippen LogP contribution in [0.1, 0.15) is 33.9 Å². The van der Waals surface area contributed by atoms with Gasteiger partial charge in [-0.2, -0.15) is 0 Å². The van der Waals surface area contributed by atoms with Crippen LogP contribution in [0.5, 0.6) is 5.75 Å². The van der Waals surface area contributed by atoms with Crippen LogP contribution in [0.25, 0.3) is 5.57 Å². The van der Waals surface area contributed by atoms with E-state index in [1.807, 2.05) is 24.3 Å². The van der Waals surface area contributed by atoms with E-state index in [0.29, 0.717) is 5.76 Å². The quantitative estimate of drug-likeness (QED) is 0.852. The Hall–Kier alpha value is -2.79. The average Bonchev–Trinajstić information content (AvgIpc) is 3.02. The second kappa shape index (κ2) is 7.40. The van der Waals surface area contributed by atoms with Crippen LogP contribution in [0.4, 0.5) is 0 Å². The van der Waals surface area contributed by atoms with Crippen molar-refractivity contribution in [2.45, 2.75) is 26.1 Å². The van der Waals surface area contributed by atoms with Crippen molar-refractivity contribution in [3.8, 4) is 5.75 Å². The van der Waals surface area contributed by atoms with Gasteiger partial charge >= 0.3 is 5.97 Å². The number of allylic oxidation sites excluding steroid dienone is 2. The highest BCUT2D eigenvalue weighted by atomic mass is 16.5. The fourth-order valence-corrected chi connectivity index (χ4v) is 2.66. The van der Waals surface area contributed by atoms with Crippen molar-refractivity contribution in [1.29, 1.82) is 0 Å². The van der Waals surface area contributed by atoms with Gasteiger partial charge in [-0.1, -0.05) is 30.4 Å². The van der Waals surface area contributed by atoms with Crippen LogP contribution in [0.3, 0.4) is 0 Å². The number of ether oxygens (including phenoxy) is 2. The summed E-state index contributed by atoms with van der Waals surface area (Å²) in [5.41, 5.74) is 3.01. The predicted molar refractivity (Wildman–Crippen MR) is 93.7 cm³/mol.